The Morgan fingerprint density at radius 2 is 2.24 bits per heavy atom. The van der Waals surface area contributed by atoms with Crippen LogP contribution in [0.25, 0.3) is 0 Å². The van der Waals surface area contributed by atoms with E-state index in [1.54, 1.807) is 6.92 Å². The molecule has 0 spiro atoms. The molecule has 1 fully saturated rings. The summed E-state index contributed by atoms with van der Waals surface area (Å²) in [6.45, 7) is 6.09. The van der Waals surface area contributed by atoms with Crippen molar-refractivity contribution < 1.29 is 5.11 Å². The van der Waals surface area contributed by atoms with Crippen molar-refractivity contribution in [3.8, 4) is 0 Å². The van der Waals surface area contributed by atoms with E-state index in [-0.39, 0.29) is 0 Å². The molecule has 1 N–H and O–H groups in total. The zero-order chi connectivity index (χ0) is 12.3. The monoisotopic (exact) mass is 234 g/mol. The maximum Gasteiger partial charge on any atom is 0.0931 e. The summed E-state index contributed by atoms with van der Waals surface area (Å²) in [5, 5.41) is 9.43. The summed E-state index contributed by atoms with van der Waals surface area (Å²) >= 11 is 0. The minimum Gasteiger partial charge on any atom is -0.387 e. The molecule has 1 aromatic rings. The summed E-state index contributed by atoms with van der Waals surface area (Å²) in [4.78, 5) is 6.68. The quantitative estimate of drug-likeness (QED) is 0.851. The second-order valence-corrected chi connectivity index (χ2v) is 4.95. The van der Waals surface area contributed by atoms with Crippen molar-refractivity contribution in [2.24, 2.45) is 5.92 Å². The molecule has 1 atom stereocenters. The van der Waals surface area contributed by atoms with Crippen molar-refractivity contribution in [1.29, 1.82) is 0 Å². The zero-order valence-electron chi connectivity index (χ0n) is 10.8. The van der Waals surface area contributed by atoms with Crippen LogP contribution in [0.2, 0.25) is 0 Å². The molecule has 1 aromatic heterocycles. The molecule has 0 amide bonds. The van der Waals surface area contributed by atoms with Crippen molar-refractivity contribution in [2.45, 2.75) is 39.2 Å². The first kappa shape index (κ1) is 12.4. The van der Waals surface area contributed by atoms with Crippen LogP contribution in [0.15, 0.2) is 18.3 Å². The van der Waals surface area contributed by atoms with Crippen molar-refractivity contribution in [2.75, 3.05) is 18.0 Å². The molecule has 0 aliphatic heterocycles. The van der Waals surface area contributed by atoms with Gasteiger partial charge in [-0.15, -0.1) is 0 Å². The van der Waals surface area contributed by atoms with Crippen LogP contribution in [-0.2, 0) is 0 Å². The number of hydrogen-bond acceptors (Lipinski definition) is 3. The molecule has 94 valence electrons. The van der Waals surface area contributed by atoms with Gasteiger partial charge in [0.15, 0.2) is 0 Å². The molecule has 1 aliphatic carbocycles. The number of rotatable bonds is 5. The number of aromatic nitrogens is 1. The van der Waals surface area contributed by atoms with Gasteiger partial charge >= 0.3 is 0 Å². The Hall–Kier alpha value is -1.09. The van der Waals surface area contributed by atoms with E-state index in [4.69, 9.17) is 0 Å². The molecule has 0 unspecified atom stereocenters. The first-order chi connectivity index (χ1) is 8.20. The van der Waals surface area contributed by atoms with Gasteiger partial charge in [0.25, 0.3) is 0 Å². The molecule has 1 saturated carbocycles. The van der Waals surface area contributed by atoms with Gasteiger partial charge in [0, 0.05) is 13.1 Å². The fourth-order valence-electron chi connectivity index (χ4n) is 2.24. The third-order valence-electron chi connectivity index (χ3n) is 3.65. The second kappa shape index (κ2) is 5.50. The van der Waals surface area contributed by atoms with Gasteiger partial charge in [-0.2, -0.15) is 0 Å². The predicted octanol–water partition coefficient (Wildman–Crippen LogP) is 2.76. The lowest BCUT2D eigenvalue weighted by atomic mass is 9.85. The Kier molecular flexibility index (Phi) is 4.00. The Morgan fingerprint density at radius 3 is 2.65 bits per heavy atom. The molecule has 2 rings (SSSR count). The van der Waals surface area contributed by atoms with E-state index in [9.17, 15) is 5.11 Å². The highest BCUT2D eigenvalue weighted by atomic mass is 16.3. The first-order valence-corrected chi connectivity index (χ1v) is 6.59. The summed E-state index contributed by atoms with van der Waals surface area (Å²) < 4.78 is 0. The van der Waals surface area contributed by atoms with E-state index in [0.29, 0.717) is 0 Å². The van der Waals surface area contributed by atoms with Gasteiger partial charge in [0.05, 0.1) is 23.7 Å². The molecule has 17 heavy (non-hydrogen) atoms. The van der Waals surface area contributed by atoms with E-state index >= 15 is 0 Å². The van der Waals surface area contributed by atoms with Crippen LogP contribution in [0.3, 0.4) is 0 Å². The van der Waals surface area contributed by atoms with Crippen molar-refractivity contribution >= 4 is 5.69 Å². The van der Waals surface area contributed by atoms with Gasteiger partial charge in [-0.3, -0.25) is 4.98 Å². The first-order valence-electron chi connectivity index (χ1n) is 6.59. The van der Waals surface area contributed by atoms with Crippen LogP contribution in [-0.4, -0.2) is 23.2 Å². The molecule has 0 radical (unpaired) electrons. The molecule has 1 aliphatic rings. The average Bonchev–Trinajstić information content (AvgIpc) is 2.28. The number of nitrogens with zero attached hydrogens (tertiary/aromatic N) is 2. The Labute approximate surface area is 103 Å². The van der Waals surface area contributed by atoms with Crippen LogP contribution in [0.4, 0.5) is 5.69 Å². The third-order valence-corrected chi connectivity index (χ3v) is 3.65. The third kappa shape index (κ3) is 2.97. The lowest BCUT2D eigenvalue weighted by molar-refractivity contribution is 0.194. The molecular formula is C14H22N2O. The number of hydrogen-bond donors (Lipinski definition) is 1. The SMILES string of the molecule is CCN(CC1CCC1)c1ccc([C@H](C)O)nc1. The minimum atomic E-state index is -0.481. The Bertz CT molecular complexity index is 344. The molecule has 3 nitrogen and oxygen atoms in total. The molecule has 0 bridgehead atoms. The van der Waals surface area contributed by atoms with Gasteiger partial charge in [-0.05, 0) is 44.7 Å². The standard InChI is InChI=1S/C14H22N2O/c1-3-16(10-12-5-4-6-12)13-7-8-14(11(2)17)15-9-13/h7-9,11-12,17H,3-6,10H2,1-2H3/t11-/m0/s1. The van der Waals surface area contributed by atoms with Crippen LogP contribution in [0.5, 0.6) is 0 Å². The summed E-state index contributed by atoms with van der Waals surface area (Å²) in [7, 11) is 0. The lowest BCUT2D eigenvalue weighted by Gasteiger charge is -2.33. The summed E-state index contributed by atoms with van der Waals surface area (Å²) in [5.41, 5.74) is 1.91. The minimum absolute atomic E-state index is 0.481. The van der Waals surface area contributed by atoms with E-state index in [1.165, 1.54) is 24.9 Å². The molecular weight excluding hydrogens is 212 g/mol. The number of pyridine rings is 1. The summed E-state index contributed by atoms with van der Waals surface area (Å²) in [5.74, 6) is 0.867. The van der Waals surface area contributed by atoms with Gasteiger partial charge in [-0.1, -0.05) is 6.42 Å². The van der Waals surface area contributed by atoms with E-state index in [2.05, 4.69) is 22.9 Å². The molecule has 1 heterocycles. The fourth-order valence-corrected chi connectivity index (χ4v) is 2.24. The van der Waals surface area contributed by atoms with Crippen LogP contribution in [0.1, 0.15) is 44.9 Å². The van der Waals surface area contributed by atoms with E-state index in [1.807, 2.05) is 12.3 Å². The smallest absolute Gasteiger partial charge is 0.0931 e. The molecule has 3 heteroatoms. The normalized spacial score (nSPS) is 17.6. The highest BCUT2D eigenvalue weighted by Crippen LogP contribution is 2.28. The van der Waals surface area contributed by atoms with Crippen molar-refractivity contribution in [3.63, 3.8) is 0 Å². The predicted molar refractivity (Wildman–Crippen MR) is 70.1 cm³/mol. The second-order valence-electron chi connectivity index (χ2n) is 4.95. The highest BCUT2D eigenvalue weighted by molar-refractivity contribution is 5.44. The van der Waals surface area contributed by atoms with Gasteiger partial charge in [0.1, 0.15) is 0 Å². The van der Waals surface area contributed by atoms with Crippen LogP contribution in [0, 0.1) is 5.92 Å². The van der Waals surface area contributed by atoms with Crippen LogP contribution < -0.4 is 4.90 Å². The van der Waals surface area contributed by atoms with Crippen molar-refractivity contribution in [3.05, 3.63) is 24.0 Å². The van der Waals surface area contributed by atoms with E-state index < -0.39 is 6.10 Å². The van der Waals surface area contributed by atoms with Gasteiger partial charge < -0.3 is 10.0 Å². The molecule has 0 saturated heterocycles. The number of aliphatic hydroxyl groups excluding tert-OH is 1. The number of aliphatic hydroxyl groups is 1. The highest BCUT2D eigenvalue weighted by Gasteiger charge is 2.20. The number of anilines is 1. The molecule has 0 aromatic carbocycles. The zero-order valence-corrected chi connectivity index (χ0v) is 10.8. The largest absolute Gasteiger partial charge is 0.387 e. The van der Waals surface area contributed by atoms with Crippen LogP contribution >= 0.6 is 0 Å². The van der Waals surface area contributed by atoms with E-state index in [0.717, 1.165) is 24.7 Å². The lowest BCUT2D eigenvalue weighted by Crippen LogP contribution is -2.32. The average molecular weight is 234 g/mol. The fraction of sp³-hybridized carbons (Fsp3) is 0.643. The Morgan fingerprint density at radius 1 is 1.47 bits per heavy atom. The topological polar surface area (TPSA) is 36.4 Å². The Balaban J connectivity index is 2.02. The summed E-state index contributed by atoms with van der Waals surface area (Å²) in [6.07, 6.45) is 5.53. The summed E-state index contributed by atoms with van der Waals surface area (Å²) in [6, 6.07) is 3.99. The maximum absolute atomic E-state index is 9.43. The van der Waals surface area contributed by atoms with Gasteiger partial charge in [-0.25, -0.2) is 0 Å². The van der Waals surface area contributed by atoms with Crippen molar-refractivity contribution in [1.82, 2.24) is 4.98 Å². The maximum atomic E-state index is 9.43. The van der Waals surface area contributed by atoms with Gasteiger partial charge in [0.2, 0.25) is 0 Å².